The molecule has 0 amide bonds. The summed E-state index contributed by atoms with van der Waals surface area (Å²) in [7, 11) is 0. The largest absolute Gasteiger partial charge is 0.466 e. The molecule has 4 heteroatoms. The number of hydrogen-bond acceptors (Lipinski definition) is 4. The molecule has 1 saturated heterocycles. The molecule has 6 rings (SSSR count). The van der Waals surface area contributed by atoms with E-state index in [1.54, 1.807) is 0 Å². The van der Waals surface area contributed by atoms with Crippen LogP contribution in [-0.4, -0.2) is 31.6 Å². The van der Waals surface area contributed by atoms with Gasteiger partial charge in [-0.2, -0.15) is 0 Å². The van der Waals surface area contributed by atoms with Crippen molar-refractivity contribution in [3.05, 3.63) is 12.2 Å². The summed E-state index contributed by atoms with van der Waals surface area (Å²) >= 11 is 0. The SMILES string of the molecule is CCOC(=O)[C@@H]1CC[C@@H]2C3CC4C=CC3(CC[C@H]2C1)C1(C4)OCCO1. The summed E-state index contributed by atoms with van der Waals surface area (Å²) in [5.74, 6) is 2.47. The molecule has 1 heterocycles. The van der Waals surface area contributed by atoms with Gasteiger partial charge in [-0.1, -0.05) is 12.2 Å². The maximum atomic E-state index is 12.2. The second-order valence-electron chi connectivity index (χ2n) is 8.88. The third kappa shape index (κ3) is 2.22. The number of allylic oxidation sites excluding steroid dienone is 1. The lowest BCUT2D eigenvalue weighted by Gasteiger charge is -2.63. The summed E-state index contributed by atoms with van der Waals surface area (Å²) in [6, 6.07) is 0. The smallest absolute Gasteiger partial charge is 0.308 e. The summed E-state index contributed by atoms with van der Waals surface area (Å²) in [4.78, 5) is 12.2. The number of rotatable bonds is 2. The minimum absolute atomic E-state index is 0.0326. The van der Waals surface area contributed by atoms with Gasteiger partial charge in [0.15, 0.2) is 5.79 Å². The maximum absolute atomic E-state index is 12.2. The fourth-order valence-corrected chi connectivity index (χ4v) is 7.05. The van der Waals surface area contributed by atoms with E-state index < -0.39 is 0 Å². The lowest BCUT2D eigenvalue weighted by Crippen LogP contribution is -2.63. The van der Waals surface area contributed by atoms with E-state index >= 15 is 0 Å². The van der Waals surface area contributed by atoms with Gasteiger partial charge in [-0.3, -0.25) is 4.79 Å². The monoisotopic (exact) mass is 346 g/mol. The van der Waals surface area contributed by atoms with Crippen molar-refractivity contribution in [1.82, 2.24) is 0 Å². The van der Waals surface area contributed by atoms with Crippen LogP contribution in [0.15, 0.2) is 12.2 Å². The Kier molecular flexibility index (Phi) is 3.80. The van der Waals surface area contributed by atoms with Gasteiger partial charge < -0.3 is 14.2 Å². The fraction of sp³-hybridized carbons (Fsp3) is 0.857. The Morgan fingerprint density at radius 2 is 2.04 bits per heavy atom. The van der Waals surface area contributed by atoms with Crippen LogP contribution in [0.4, 0.5) is 0 Å². The van der Waals surface area contributed by atoms with Crippen molar-refractivity contribution in [3.63, 3.8) is 0 Å². The lowest BCUT2D eigenvalue weighted by atomic mass is 9.44. The number of hydrogen-bond donors (Lipinski definition) is 0. The fourth-order valence-electron chi connectivity index (χ4n) is 7.05. The van der Waals surface area contributed by atoms with Crippen LogP contribution in [0, 0.1) is 35.0 Å². The predicted octanol–water partition coefficient (Wildman–Crippen LogP) is 3.70. The standard InChI is InChI=1S/C21H30O4/c1-2-23-19(22)16-3-4-17-15(12-16)6-8-20-7-5-14(11-18(17)20)13-21(20)24-9-10-25-21/h5,7,14-18H,2-4,6,8-13H2,1H3/t14?,15-,16+,17-,18?,20?/m0/s1. The molecule has 138 valence electrons. The second-order valence-corrected chi connectivity index (χ2v) is 8.88. The van der Waals surface area contributed by atoms with Crippen molar-refractivity contribution >= 4 is 5.97 Å². The molecule has 4 fully saturated rings. The van der Waals surface area contributed by atoms with Crippen molar-refractivity contribution in [2.24, 2.45) is 35.0 Å². The highest BCUT2D eigenvalue weighted by molar-refractivity contribution is 5.72. The highest BCUT2D eigenvalue weighted by Crippen LogP contribution is 2.67. The van der Waals surface area contributed by atoms with Crippen molar-refractivity contribution in [1.29, 1.82) is 0 Å². The highest BCUT2D eigenvalue weighted by Gasteiger charge is 2.67. The average molecular weight is 346 g/mol. The molecule has 2 spiro atoms. The molecular formula is C21H30O4. The van der Waals surface area contributed by atoms with Gasteiger partial charge in [0.2, 0.25) is 0 Å². The average Bonchev–Trinajstić information content (AvgIpc) is 3.10. The Morgan fingerprint density at radius 1 is 1.20 bits per heavy atom. The normalized spacial score (nSPS) is 46.7. The van der Waals surface area contributed by atoms with Gasteiger partial charge in [0.1, 0.15) is 0 Å². The number of carbonyl (C=O) groups excluding carboxylic acids is 1. The van der Waals surface area contributed by atoms with Crippen LogP contribution >= 0.6 is 0 Å². The molecule has 0 aromatic carbocycles. The van der Waals surface area contributed by atoms with Gasteiger partial charge in [-0.15, -0.1) is 0 Å². The number of esters is 1. The molecule has 0 aromatic rings. The molecular weight excluding hydrogens is 316 g/mol. The van der Waals surface area contributed by atoms with Crippen LogP contribution in [0.5, 0.6) is 0 Å². The van der Waals surface area contributed by atoms with Crippen LogP contribution in [0.2, 0.25) is 0 Å². The first-order valence-electron chi connectivity index (χ1n) is 10.3. The first kappa shape index (κ1) is 16.3. The molecule has 1 aliphatic heterocycles. The van der Waals surface area contributed by atoms with Gasteiger partial charge in [-0.25, -0.2) is 0 Å². The van der Waals surface area contributed by atoms with E-state index in [0.717, 1.165) is 51.2 Å². The van der Waals surface area contributed by atoms with E-state index in [-0.39, 0.29) is 23.1 Å². The Bertz CT molecular complexity index is 578. The summed E-state index contributed by atoms with van der Waals surface area (Å²) < 4.78 is 17.9. The predicted molar refractivity (Wildman–Crippen MR) is 92.6 cm³/mol. The zero-order chi connectivity index (χ0) is 17.1. The van der Waals surface area contributed by atoms with Crippen LogP contribution < -0.4 is 0 Å². The minimum atomic E-state index is -0.349. The molecule has 6 atom stereocenters. The Labute approximate surface area is 150 Å². The zero-order valence-electron chi connectivity index (χ0n) is 15.2. The molecule has 25 heavy (non-hydrogen) atoms. The van der Waals surface area contributed by atoms with Crippen LogP contribution in [0.3, 0.4) is 0 Å². The lowest BCUT2D eigenvalue weighted by molar-refractivity contribution is -0.289. The quantitative estimate of drug-likeness (QED) is 0.565. The highest BCUT2D eigenvalue weighted by atomic mass is 16.7. The van der Waals surface area contributed by atoms with Gasteiger partial charge in [0, 0.05) is 11.8 Å². The second kappa shape index (κ2) is 5.82. The molecule has 0 radical (unpaired) electrons. The van der Waals surface area contributed by atoms with Crippen LogP contribution in [0.1, 0.15) is 51.9 Å². The third-order valence-corrected chi connectivity index (χ3v) is 7.98. The van der Waals surface area contributed by atoms with Crippen molar-refractivity contribution in [2.75, 3.05) is 19.8 Å². The molecule has 5 aliphatic carbocycles. The molecule has 0 N–H and O–H groups in total. The number of ether oxygens (including phenoxy) is 3. The van der Waals surface area contributed by atoms with Crippen molar-refractivity contribution in [3.8, 4) is 0 Å². The molecule has 4 nitrogen and oxygen atoms in total. The van der Waals surface area contributed by atoms with Crippen LogP contribution in [-0.2, 0) is 19.0 Å². The van der Waals surface area contributed by atoms with Gasteiger partial charge in [0.25, 0.3) is 0 Å². The first-order chi connectivity index (χ1) is 12.2. The Hall–Kier alpha value is -0.870. The first-order valence-corrected chi connectivity index (χ1v) is 10.3. The summed E-state index contributed by atoms with van der Waals surface area (Å²) in [5, 5.41) is 0. The summed E-state index contributed by atoms with van der Waals surface area (Å²) in [6.07, 6.45) is 12.8. The summed E-state index contributed by atoms with van der Waals surface area (Å²) in [5.41, 5.74) is 0.0795. The van der Waals surface area contributed by atoms with E-state index in [2.05, 4.69) is 12.2 Å². The number of carbonyl (C=O) groups is 1. The number of fused-ring (bicyclic) bond motifs is 1. The molecule has 3 unspecified atom stereocenters. The van der Waals surface area contributed by atoms with E-state index in [1.807, 2.05) is 6.92 Å². The third-order valence-electron chi connectivity index (χ3n) is 7.98. The maximum Gasteiger partial charge on any atom is 0.308 e. The van der Waals surface area contributed by atoms with E-state index in [0.29, 0.717) is 24.4 Å². The zero-order valence-corrected chi connectivity index (χ0v) is 15.2. The van der Waals surface area contributed by atoms with Crippen LogP contribution in [0.25, 0.3) is 0 Å². The Balaban J connectivity index is 1.40. The Morgan fingerprint density at radius 3 is 2.84 bits per heavy atom. The topological polar surface area (TPSA) is 44.8 Å². The van der Waals surface area contributed by atoms with E-state index in [4.69, 9.17) is 14.2 Å². The molecule has 2 bridgehead atoms. The van der Waals surface area contributed by atoms with E-state index in [9.17, 15) is 4.79 Å². The molecule has 6 aliphatic rings. The van der Waals surface area contributed by atoms with Crippen molar-refractivity contribution in [2.45, 2.75) is 57.7 Å². The van der Waals surface area contributed by atoms with Gasteiger partial charge in [-0.05, 0) is 69.1 Å². The van der Waals surface area contributed by atoms with Gasteiger partial charge >= 0.3 is 5.97 Å². The summed E-state index contributed by atoms with van der Waals surface area (Å²) in [6.45, 7) is 3.89. The molecule has 3 saturated carbocycles. The van der Waals surface area contributed by atoms with E-state index in [1.165, 1.54) is 12.8 Å². The van der Waals surface area contributed by atoms with Gasteiger partial charge in [0.05, 0.1) is 25.7 Å². The minimum Gasteiger partial charge on any atom is -0.466 e. The molecule has 0 aromatic heterocycles. The van der Waals surface area contributed by atoms with Crippen molar-refractivity contribution < 1.29 is 19.0 Å².